The van der Waals surface area contributed by atoms with Gasteiger partial charge in [0.25, 0.3) is 0 Å². The van der Waals surface area contributed by atoms with Crippen LogP contribution in [0.1, 0.15) is 77.1 Å². The molecule has 2 aromatic carbocycles. The summed E-state index contributed by atoms with van der Waals surface area (Å²) in [7, 11) is 2.57. The molecule has 0 spiro atoms. The fourth-order valence-electron chi connectivity index (χ4n) is 7.83. The quantitative estimate of drug-likeness (QED) is 0.120. The van der Waals surface area contributed by atoms with Gasteiger partial charge in [0, 0.05) is 24.2 Å². The lowest BCUT2D eigenvalue weighted by Crippen LogP contribution is -2.51. The predicted molar refractivity (Wildman–Crippen MR) is 216 cm³/mol. The number of benzene rings is 2. The second kappa shape index (κ2) is 17.0. The standard InChI is InChI=1S/C42H50N10O6/c1-23(2)35(49-41(55)57-5)39(53)51-17-7-9-33(51)37-44-21-31(47-37)26-13-11-25(12-14-26)30-20-43-28-16-15-27(19-29(28)46-30)32-22-45-38(48-32)34-10-8-18-52(34)40(54)36(24(3)4)50-42(56)58-6/h11-16,19-24,33-36H,7-10,17-18H2,1-6H3,(H,44,47)(H,45,48)(H,49,55)(H,50,56)/t33-,34-,35-,36-/m0/s1. The summed E-state index contributed by atoms with van der Waals surface area (Å²) in [6, 6.07) is 12.0. The second-order valence-electron chi connectivity index (χ2n) is 15.5. The van der Waals surface area contributed by atoms with E-state index < -0.39 is 24.3 Å². The van der Waals surface area contributed by atoms with Gasteiger partial charge in [0.15, 0.2) is 0 Å². The van der Waals surface area contributed by atoms with Gasteiger partial charge in [-0.2, -0.15) is 0 Å². The van der Waals surface area contributed by atoms with Crippen LogP contribution in [-0.2, 0) is 19.1 Å². The predicted octanol–water partition coefficient (Wildman–Crippen LogP) is 6.17. The van der Waals surface area contributed by atoms with E-state index >= 15 is 0 Å². The maximum atomic E-state index is 13.6. The number of rotatable bonds is 11. The zero-order valence-corrected chi connectivity index (χ0v) is 33.6. The summed E-state index contributed by atoms with van der Waals surface area (Å²) >= 11 is 0. The molecule has 0 aliphatic carbocycles. The Hall–Kier alpha value is -6.32. The minimum atomic E-state index is -0.709. The molecule has 304 valence electrons. The van der Waals surface area contributed by atoms with Gasteiger partial charge in [-0.15, -0.1) is 0 Å². The Kier molecular flexibility index (Phi) is 11.7. The van der Waals surface area contributed by atoms with Gasteiger partial charge >= 0.3 is 12.2 Å². The molecule has 0 unspecified atom stereocenters. The van der Waals surface area contributed by atoms with Crippen LogP contribution < -0.4 is 10.6 Å². The molecule has 5 aromatic rings. The molecule has 7 rings (SSSR count). The molecule has 2 fully saturated rings. The number of methoxy groups -OCH3 is 2. The largest absolute Gasteiger partial charge is 0.453 e. The number of carbonyl (C=O) groups is 4. The van der Waals surface area contributed by atoms with Crippen LogP contribution in [0.5, 0.6) is 0 Å². The fourth-order valence-corrected chi connectivity index (χ4v) is 7.83. The van der Waals surface area contributed by atoms with Gasteiger partial charge < -0.3 is 39.9 Å². The van der Waals surface area contributed by atoms with Gasteiger partial charge in [0.1, 0.15) is 23.7 Å². The molecule has 2 aliphatic rings. The van der Waals surface area contributed by atoms with Crippen molar-refractivity contribution in [1.29, 1.82) is 0 Å². The maximum Gasteiger partial charge on any atom is 0.407 e. The van der Waals surface area contributed by atoms with Gasteiger partial charge in [-0.3, -0.25) is 14.6 Å². The van der Waals surface area contributed by atoms with Crippen LogP contribution in [0.2, 0.25) is 0 Å². The Morgan fingerprint density at radius 2 is 1.14 bits per heavy atom. The molecule has 3 aromatic heterocycles. The molecular weight excluding hydrogens is 741 g/mol. The summed E-state index contributed by atoms with van der Waals surface area (Å²) in [5.41, 5.74) is 6.51. The number of aromatic nitrogens is 6. The number of hydrogen-bond acceptors (Lipinski definition) is 10. The number of hydrogen-bond donors (Lipinski definition) is 4. The van der Waals surface area contributed by atoms with Crippen molar-refractivity contribution < 1.29 is 28.7 Å². The Bertz CT molecular complexity index is 2290. The van der Waals surface area contributed by atoms with Crippen LogP contribution in [0.25, 0.3) is 44.8 Å². The van der Waals surface area contributed by atoms with Crippen molar-refractivity contribution in [3.05, 3.63) is 72.7 Å². The SMILES string of the molecule is COC(=O)N[C@H](C(=O)N1CCC[C@H]1c1ncc(-c2ccc(-c3cnc4ccc(-c5cnc([C@@H]6CCCN6C(=O)[C@@H](NC(=O)OC)C(C)C)[nH]5)cc4n3)cc2)[nH]1)C(C)C. The Labute approximate surface area is 336 Å². The monoisotopic (exact) mass is 790 g/mol. The average Bonchev–Trinajstić information content (AvgIpc) is 4.07. The highest BCUT2D eigenvalue weighted by molar-refractivity contribution is 5.87. The first-order valence-electron chi connectivity index (χ1n) is 19.7. The maximum absolute atomic E-state index is 13.6. The number of nitrogens with zero attached hydrogens (tertiary/aromatic N) is 6. The van der Waals surface area contributed by atoms with Crippen molar-refractivity contribution >= 4 is 35.0 Å². The summed E-state index contributed by atoms with van der Waals surface area (Å²) in [5.74, 6) is 0.838. The highest BCUT2D eigenvalue weighted by atomic mass is 16.5. The minimum Gasteiger partial charge on any atom is -0.453 e. The first kappa shape index (κ1) is 39.9. The van der Waals surface area contributed by atoms with Gasteiger partial charge in [-0.1, -0.05) is 58.0 Å². The lowest BCUT2D eigenvalue weighted by Gasteiger charge is -2.30. The Balaban J connectivity index is 1.05. The lowest BCUT2D eigenvalue weighted by molar-refractivity contribution is -0.136. The van der Waals surface area contributed by atoms with E-state index in [0.29, 0.717) is 30.4 Å². The van der Waals surface area contributed by atoms with E-state index in [2.05, 4.69) is 30.6 Å². The molecule has 16 nitrogen and oxygen atoms in total. The van der Waals surface area contributed by atoms with Crippen LogP contribution in [0.3, 0.4) is 0 Å². The van der Waals surface area contributed by atoms with Gasteiger partial charge in [0.05, 0.1) is 73.0 Å². The molecule has 0 radical (unpaired) electrons. The third kappa shape index (κ3) is 8.22. The van der Waals surface area contributed by atoms with Crippen molar-refractivity contribution in [3.63, 3.8) is 0 Å². The number of imidazole rings is 2. The van der Waals surface area contributed by atoms with Crippen LogP contribution >= 0.6 is 0 Å². The molecule has 4 N–H and O–H groups in total. The van der Waals surface area contributed by atoms with E-state index in [1.54, 1.807) is 28.4 Å². The first-order valence-corrected chi connectivity index (χ1v) is 19.7. The third-order valence-corrected chi connectivity index (χ3v) is 11.0. The van der Waals surface area contributed by atoms with Crippen molar-refractivity contribution in [2.45, 2.75) is 77.5 Å². The summed E-state index contributed by atoms with van der Waals surface area (Å²) in [4.78, 5) is 80.6. The van der Waals surface area contributed by atoms with Crippen LogP contribution in [0, 0.1) is 11.8 Å². The molecule has 2 aliphatic heterocycles. The van der Waals surface area contributed by atoms with E-state index in [9.17, 15) is 19.2 Å². The summed E-state index contributed by atoms with van der Waals surface area (Å²) < 4.78 is 9.52. The molecule has 4 amide bonds. The number of nitrogens with one attached hydrogen (secondary N) is 4. The number of amides is 4. The first-order chi connectivity index (χ1) is 27.9. The molecular formula is C42H50N10O6. The number of H-pyrrole nitrogens is 2. The van der Waals surface area contributed by atoms with E-state index in [4.69, 9.17) is 19.4 Å². The third-order valence-electron chi connectivity index (χ3n) is 11.0. The Morgan fingerprint density at radius 3 is 1.64 bits per heavy atom. The van der Waals surface area contributed by atoms with Crippen molar-refractivity contribution in [2.24, 2.45) is 11.8 Å². The molecule has 0 saturated carbocycles. The zero-order chi connectivity index (χ0) is 41.1. The molecule has 16 heteroatoms. The number of ether oxygens (including phenoxy) is 2. The van der Waals surface area contributed by atoms with Gasteiger partial charge in [0.2, 0.25) is 11.8 Å². The van der Waals surface area contributed by atoms with E-state index in [0.717, 1.165) is 64.8 Å². The summed E-state index contributed by atoms with van der Waals surface area (Å²) in [5, 5.41) is 5.38. The van der Waals surface area contributed by atoms with E-state index in [1.807, 2.05) is 70.2 Å². The van der Waals surface area contributed by atoms with E-state index in [-0.39, 0.29) is 35.7 Å². The number of fused-ring (bicyclic) bond motifs is 1. The second-order valence-corrected chi connectivity index (χ2v) is 15.5. The van der Waals surface area contributed by atoms with Gasteiger partial charge in [-0.25, -0.2) is 24.5 Å². The van der Waals surface area contributed by atoms with Crippen molar-refractivity contribution in [2.75, 3.05) is 27.3 Å². The Morgan fingerprint density at radius 1 is 0.655 bits per heavy atom. The summed E-state index contributed by atoms with van der Waals surface area (Å²) in [6.45, 7) is 8.73. The normalized spacial score (nSPS) is 17.8. The number of likely N-dealkylation sites (tertiary alicyclic amines) is 2. The molecule has 58 heavy (non-hydrogen) atoms. The topological polar surface area (TPSA) is 200 Å². The zero-order valence-electron chi connectivity index (χ0n) is 33.6. The molecule has 0 bridgehead atoms. The minimum absolute atomic E-state index is 0.117. The van der Waals surface area contributed by atoms with Crippen molar-refractivity contribution in [3.8, 4) is 33.8 Å². The highest BCUT2D eigenvalue weighted by Gasteiger charge is 2.39. The van der Waals surface area contributed by atoms with Crippen LogP contribution in [0.4, 0.5) is 9.59 Å². The lowest BCUT2D eigenvalue weighted by atomic mass is 10.0. The van der Waals surface area contributed by atoms with Crippen LogP contribution in [-0.4, -0.2) is 103 Å². The number of aromatic amines is 2. The highest BCUT2D eigenvalue weighted by Crippen LogP contribution is 2.35. The van der Waals surface area contributed by atoms with E-state index in [1.165, 1.54) is 14.2 Å². The average molecular weight is 791 g/mol. The van der Waals surface area contributed by atoms with Crippen molar-refractivity contribution in [1.82, 2.24) is 50.3 Å². The summed E-state index contributed by atoms with van der Waals surface area (Å²) in [6.07, 6.45) is 7.22. The van der Waals surface area contributed by atoms with Crippen LogP contribution in [0.15, 0.2) is 61.1 Å². The van der Waals surface area contributed by atoms with Gasteiger partial charge in [-0.05, 0) is 55.2 Å². The molecule has 2 saturated heterocycles. The fraction of sp³-hybridized carbons (Fsp3) is 0.429. The number of alkyl carbamates (subject to hydrolysis) is 2. The smallest absolute Gasteiger partial charge is 0.407 e. The molecule has 4 atom stereocenters. The molecule has 5 heterocycles. The number of carbonyl (C=O) groups excluding carboxylic acids is 4.